The van der Waals surface area contributed by atoms with Gasteiger partial charge >= 0.3 is 6.03 Å². The molecule has 2 heterocycles. The van der Waals surface area contributed by atoms with Gasteiger partial charge in [-0.05, 0) is 44.2 Å². The first-order valence-electron chi connectivity index (χ1n) is 9.56. The largest absolute Gasteiger partial charge is 0.474 e. The van der Waals surface area contributed by atoms with Crippen molar-refractivity contribution in [3.8, 4) is 5.88 Å². The van der Waals surface area contributed by atoms with E-state index in [-0.39, 0.29) is 35.5 Å². The van der Waals surface area contributed by atoms with Crippen LogP contribution in [0.25, 0.3) is 0 Å². The van der Waals surface area contributed by atoms with Gasteiger partial charge < -0.3 is 15.8 Å². The molecular formula is C19H26N4O4. The summed E-state index contributed by atoms with van der Waals surface area (Å²) in [6.07, 6.45) is 6.72. The molecule has 8 heteroatoms. The number of nitrogens with one attached hydrogen (secondary N) is 1. The maximum Gasteiger partial charge on any atom is 0.325 e. The minimum Gasteiger partial charge on any atom is -0.474 e. The van der Waals surface area contributed by atoms with Gasteiger partial charge in [-0.1, -0.05) is 19.8 Å². The van der Waals surface area contributed by atoms with Gasteiger partial charge in [-0.3, -0.25) is 14.5 Å². The molecule has 0 unspecified atom stereocenters. The lowest BCUT2D eigenvalue weighted by Crippen LogP contribution is -2.44. The molecule has 146 valence electrons. The summed E-state index contributed by atoms with van der Waals surface area (Å²) >= 11 is 0. The van der Waals surface area contributed by atoms with Gasteiger partial charge in [0.25, 0.3) is 11.8 Å². The second kappa shape index (κ2) is 8.37. The number of unbranched alkanes of at least 4 members (excludes halogenated alkanes) is 1. The number of nitrogens with zero attached hydrogens (tertiary/aromatic N) is 2. The van der Waals surface area contributed by atoms with Crippen LogP contribution in [0.1, 0.15) is 62.2 Å². The van der Waals surface area contributed by atoms with Crippen LogP contribution in [0.15, 0.2) is 18.3 Å². The quantitative estimate of drug-likeness (QED) is 0.708. The Morgan fingerprint density at radius 3 is 2.74 bits per heavy atom. The number of carbonyl (C=O) groups excluding carboxylic acids is 3. The summed E-state index contributed by atoms with van der Waals surface area (Å²) in [5, 5.41) is 2.80. The lowest BCUT2D eigenvalue weighted by atomic mass is 9.91. The molecule has 2 aliphatic rings. The van der Waals surface area contributed by atoms with Crippen LogP contribution in [0.3, 0.4) is 0 Å². The first-order chi connectivity index (χ1) is 13.0. The van der Waals surface area contributed by atoms with Crippen molar-refractivity contribution in [2.75, 3.05) is 0 Å². The van der Waals surface area contributed by atoms with Crippen LogP contribution in [0, 0.1) is 0 Å². The molecule has 1 aliphatic heterocycles. The van der Waals surface area contributed by atoms with Crippen molar-refractivity contribution in [3.05, 3.63) is 23.9 Å². The third-order valence-electron chi connectivity index (χ3n) is 5.22. The van der Waals surface area contributed by atoms with E-state index in [2.05, 4.69) is 17.2 Å². The molecule has 4 amide bonds. The Kier molecular flexibility index (Phi) is 5.93. The minimum atomic E-state index is -0.579. The van der Waals surface area contributed by atoms with Gasteiger partial charge in [-0.2, -0.15) is 0 Å². The summed E-state index contributed by atoms with van der Waals surface area (Å²) in [7, 11) is 0. The predicted molar refractivity (Wildman–Crippen MR) is 98.1 cm³/mol. The predicted octanol–water partition coefficient (Wildman–Crippen LogP) is 1.98. The fraction of sp³-hybridized carbons (Fsp3) is 0.579. The van der Waals surface area contributed by atoms with E-state index in [1.165, 1.54) is 4.90 Å². The summed E-state index contributed by atoms with van der Waals surface area (Å²) in [6, 6.07) is 2.43. The molecule has 0 spiro atoms. The Labute approximate surface area is 158 Å². The standard InChI is InChI=1S/C19H26N4O4/c1-2-3-6-15-18(25)23(19(26)22-15)12-7-9-13(10-8-12)27-17-14(16(20)24)5-4-11-21-17/h4-5,11-13,15H,2-3,6-10H2,1H3,(H2,20,24)(H,22,26)/t12?,13?,15-/m0/s1. The zero-order valence-electron chi connectivity index (χ0n) is 15.5. The molecule has 3 N–H and O–H groups in total. The molecule has 1 aromatic rings. The normalized spacial score (nSPS) is 25.4. The molecule has 27 heavy (non-hydrogen) atoms. The van der Waals surface area contributed by atoms with Crippen molar-refractivity contribution in [1.82, 2.24) is 15.2 Å². The molecule has 1 aromatic heterocycles. The third-order valence-corrected chi connectivity index (χ3v) is 5.22. The van der Waals surface area contributed by atoms with Crippen molar-refractivity contribution < 1.29 is 19.1 Å². The Morgan fingerprint density at radius 1 is 1.33 bits per heavy atom. The van der Waals surface area contributed by atoms with Gasteiger partial charge in [0.15, 0.2) is 0 Å². The number of aromatic nitrogens is 1. The molecule has 1 atom stereocenters. The third kappa shape index (κ3) is 4.20. The first kappa shape index (κ1) is 19.1. The van der Waals surface area contributed by atoms with Gasteiger partial charge in [0.05, 0.1) is 0 Å². The van der Waals surface area contributed by atoms with Crippen LogP contribution < -0.4 is 15.8 Å². The van der Waals surface area contributed by atoms with Crippen LogP contribution in [-0.4, -0.2) is 45.9 Å². The summed E-state index contributed by atoms with van der Waals surface area (Å²) in [5.41, 5.74) is 5.61. The van der Waals surface area contributed by atoms with Gasteiger partial charge in [-0.25, -0.2) is 9.78 Å². The number of urea groups is 1. The van der Waals surface area contributed by atoms with Crippen LogP contribution in [0.5, 0.6) is 5.88 Å². The topological polar surface area (TPSA) is 115 Å². The Hall–Kier alpha value is -2.64. The van der Waals surface area contributed by atoms with E-state index in [9.17, 15) is 14.4 Å². The van der Waals surface area contributed by atoms with Crippen molar-refractivity contribution in [2.45, 2.75) is 70.1 Å². The molecule has 8 nitrogen and oxygen atoms in total. The molecule has 3 rings (SSSR count). The molecule has 1 aliphatic carbocycles. The van der Waals surface area contributed by atoms with Gasteiger partial charge in [-0.15, -0.1) is 0 Å². The van der Waals surface area contributed by atoms with Gasteiger partial charge in [0.2, 0.25) is 5.88 Å². The van der Waals surface area contributed by atoms with Crippen LogP contribution in [0.4, 0.5) is 4.79 Å². The Bertz CT molecular complexity index is 715. The highest BCUT2D eigenvalue weighted by Gasteiger charge is 2.42. The zero-order chi connectivity index (χ0) is 19.4. The maximum absolute atomic E-state index is 12.6. The van der Waals surface area contributed by atoms with E-state index in [1.54, 1.807) is 18.3 Å². The first-order valence-corrected chi connectivity index (χ1v) is 9.56. The molecule has 1 saturated carbocycles. The number of pyridine rings is 1. The minimum absolute atomic E-state index is 0.108. The molecule has 0 aromatic carbocycles. The van der Waals surface area contributed by atoms with Gasteiger partial charge in [0, 0.05) is 12.2 Å². The summed E-state index contributed by atoms with van der Waals surface area (Å²) in [5.74, 6) is -0.453. The van der Waals surface area contributed by atoms with Crippen LogP contribution in [-0.2, 0) is 4.79 Å². The Morgan fingerprint density at radius 2 is 2.07 bits per heavy atom. The van der Waals surface area contributed by atoms with E-state index in [1.807, 2.05) is 0 Å². The van der Waals surface area contributed by atoms with Gasteiger partial charge in [0.1, 0.15) is 17.7 Å². The highest BCUT2D eigenvalue weighted by Crippen LogP contribution is 2.29. The van der Waals surface area contributed by atoms with Crippen LogP contribution >= 0.6 is 0 Å². The van der Waals surface area contributed by atoms with Crippen LogP contribution in [0.2, 0.25) is 0 Å². The fourth-order valence-corrected chi connectivity index (χ4v) is 3.75. The van der Waals surface area contributed by atoms with Crippen molar-refractivity contribution in [2.24, 2.45) is 5.73 Å². The van der Waals surface area contributed by atoms with Crippen molar-refractivity contribution >= 4 is 17.8 Å². The lowest BCUT2D eigenvalue weighted by Gasteiger charge is -2.33. The number of hydrogen-bond acceptors (Lipinski definition) is 5. The smallest absolute Gasteiger partial charge is 0.325 e. The second-order valence-electron chi connectivity index (χ2n) is 7.12. The number of hydrogen-bond donors (Lipinski definition) is 2. The number of carbonyl (C=O) groups is 3. The lowest BCUT2D eigenvalue weighted by molar-refractivity contribution is -0.129. The molecule has 0 bridgehead atoms. The number of nitrogens with two attached hydrogens (primary N) is 1. The number of imide groups is 1. The highest BCUT2D eigenvalue weighted by molar-refractivity contribution is 6.04. The number of rotatable bonds is 7. The summed E-state index contributed by atoms with van der Waals surface area (Å²) in [4.78, 5) is 41.8. The molecular weight excluding hydrogens is 348 g/mol. The molecule has 0 radical (unpaired) electrons. The van der Waals surface area contributed by atoms with Crippen molar-refractivity contribution in [3.63, 3.8) is 0 Å². The van der Waals surface area contributed by atoms with E-state index < -0.39 is 11.9 Å². The average molecular weight is 374 g/mol. The maximum atomic E-state index is 12.6. The van der Waals surface area contributed by atoms with E-state index >= 15 is 0 Å². The SMILES string of the molecule is CCCC[C@@H]1NC(=O)N(C2CCC(Oc3ncccc3C(N)=O)CC2)C1=O. The molecule has 2 fully saturated rings. The second-order valence-corrected chi connectivity index (χ2v) is 7.12. The fourth-order valence-electron chi connectivity index (χ4n) is 3.75. The van der Waals surface area contributed by atoms with E-state index in [0.717, 1.165) is 12.8 Å². The summed E-state index contributed by atoms with van der Waals surface area (Å²) in [6.45, 7) is 2.06. The molecule has 1 saturated heterocycles. The Balaban J connectivity index is 1.57. The van der Waals surface area contributed by atoms with E-state index in [0.29, 0.717) is 32.1 Å². The monoisotopic (exact) mass is 374 g/mol. The van der Waals surface area contributed by atoms with Crippen molar-refractivity contribution in [1.29, 1.82) is 0 Å². The number of primary amides is 1. The number of amides is 4. The van der Waals surface area contributed by atoms with E-state index in [4.69, 9.17) is 10.5 Å². The average Bonchev–Trinajstić information content (AvgIpc) is 2.94. The zero-order valence-corrected chi connectivity index (χ0v) is 15.5. The highest BCUT2D eigenvalue weighted by atomic mass is 16.5. The number of ether oxygens (including phenoxy) is 1. The summed E-state index contributed by atoms with van der Waals surface area (Å²) < 4.78 is 5.87.